The van der Waals surface area contributed by atoms with E-state index >= 15 is 0 Å². The Morgan fingerprint density at radius 1 is 1.55 bits per heavy atom. The van der Waals surface area contributed by atoms with Crippen LogP contribution in [0.25, 0.3) is 0 Å². The number of nitrogens with zero attached hydrogens (tertiary/aromatic N) is 1. The second-order valence-electron chi connectivity index (χ2n) is 4.50. The summed E-state index contributed by atoms with van der Waals surface area (Å²) in [6.07, 6.45) is 0. The molecule has 2 heterocycles. The molecule has 7 heteroatoms. The van der Waals surface area contributed by atoms with E-state index in [9.17, 15) is 4.79 Å². The Balaban J connectivity index is 1.81. The lowest BCUT2D eigenvalue weighted by molar-refractivity contribution is 0.0398. The topological polar surface area (TPSA) is 76.8 Å². The molecule has 0 unspecified atom stereocenters. The molecule has 0 amide bonds. The van der Waals surface area contributed by atoms with Gasteiger partial charge in [-0.2, -0.15) is 0 Å². The lowest BCUT2D eigenvalue weighted by atomic mass is 10.4. The van der Waals surface area contributed by atoms with Crippen LogP contribution in [0.1, 0.15) is 16.6 Å². The Bertz CT molecular complexity index is 444. The van der Waals surface area contributed by atoms with Crippen LogP contribution in [-0.4, -0.2) is 56.9 Å². The molecule has 20 heavy (non-hydrogen) atoms. The molecule has 2 rings (SSSR count). The molecule has 1 aromatic heterocycles. The van der Waals surface area contributed by atoms with Crippen molar-refractivity contribution in [3.05, 3.63) is 10.9 Å². The third-order valence-corrected chi connectivity index (χ3v) is 4.14. The van der Waals surface area contributed by atoms with Crippen molar-refractivity contribution in [3.63, 3.8) is 0 Å². The number of anilines is 2. The second-order valence-corrected chi connectivity index (χ2v) is 5.55. The molecule has 1 aliphatic rings. The van der Waals surface area contributed by atoms with Crippen molar-refractivity contribution >= 4 is 28.0 Å². The highest BCUT2D eigenvalue weighted by Crippen LogP contribution is 2.29. The van der Waals surface area contributed by atoms with Gasteiger partial charge in [0.1, 0.15) is 4.88 Å². The molecule has 0 radical (unpaired) electrons. The number of ether oxygens (including phenoxy) is 2. The fourth-order valence-corrected chi connectivity index (χ4v) is 2.91. The highest BCUT2D eigenvalue weighted by Gasteiger charge is 2.15. The van der Waals surface area contributed by atoms with Crippen LogP contribution in [0.2, 0.25) is 0 Å². The molecule has 112 valence electrons. The summed E-state index contributed by atoms with van der Waals surface area (Å²) in [6, 6.07) is 1.79. The summed E-state index contributed by atoms with van der Waals surface area (Å²) < 4.78 is 10.3. The molecule has 0 bridgehead atoms. The van der Waals surface area contributed by atoms with Crippen molar-refractivity contribution in [3.8, 4) is 0 Å². The van der Waals surface area contributed by atoms with Crippen molar-refractivity contribution in [2.45, 2.75) is 6.92 Å². The van der Waals surface area contributed by atoms with Crippen molar-refractivity contribution in [2.24, 2.45) is 0 Å². The third-order valence-electron chi connectivity index (χ3n) is 3.05. The molecule has 6 nitrogen and oxygen atoms in total. The molecule has 0 aliphatic carbocycles. The van der Waals surface area contributed by atoms with Crippen LogP contribution in [-0.2, 0) is 9.47 Å². The molecule has 1 aromatic rings. The van der Waals surface area contributed by atoms with Gasteiger partial charge < -0.3 is 20.5 Å². The van der Waals surface area contributed by atoms with Crippen LogP contribution in [0.4, 0.5) is 10.7 Å². The van der Waals surface area contributed by atoms with Crippen molar-refractivity contribution in [1.82, 2.24) is 4.90 Å². The summed E-state index contributed by atoms with van der Waals surface area (Å²) in [5, 5.41) is 4.20. The first-order valence-electron chi connectivity index (χ1n) is 6.81. The van der Waals surface area contributed by atoms with Gasteiger partial charge in [0.05, 0.1) is 30.5 Å². The van der Waals surface area contributed by atoms with Gasteiger partial charge in [0.2, 0.25) is 0 Å². The Hall–Kier alpha value is -1.31. The quantitative estimate of drug-likeness (QED) is 0.770. The molecule has 3 N–H and O–H groups in total. The first kappa shape index (κ1) is 15.1. The van der Waals surface area contributed by atoms with Gasteiger partial charge in [0.15, 0.2) is 0 Å². The van der Waals surface area contributed by atoms with Gasteiger partial charge in [-0.3, -0.25) is 4.90 Å². The maximum absolute atomic E-state index is 11.7. The number of carbonyl (C=O) groups excluding carboxylic acids is 1. The summed E-state index contributed by atoms with van der Waals surface area (Å²) in [5.74, 6) is -0.351. The maximum Gasteiger partial charge on any atom is 0.350 e. The van der Waals surface area contributed by atoms with Crippen molar-refractivity contribution < 1.29 is 14.3 Å². The Kier molecular flexibility index (Phi) is 5.63. The fraction of sp³-hybridized carbons (Fsp3) is 0.615. The number of esters is 1. The number of carbonyl (C=O) groups is 1. The maximum atomic E-state index is 11.7. The van der Waals surface area contributed by atoms with E-state index in [4.69, 9.17) is 15.2 Å². The van der Waals surface area contributed by atoms with E-state index in [1.54, 1.807) is 13.0 Å². The minimum atomic E-state index is -0.351. The lowest BCUT2D eigenvalue weighted by Crippen LogP contribution is -2.38. The smallest absolute Gasteiger partial charge is 0.350 e. The van der Waals surface area contributed by atoms with E-state index in [2.05, 4.69) is 10.2 Å². The molecule has 0 saturated carbocycles. The van der Waals surface area contributed by atoms with Crippen LogP contribution in [0.15, 0.2) is 6.07 Å². The first-order chi connectivity index (χ1) is 9.70. The van der Waals surface area contributed by atoms with Crippen LogP contribution < -0.4 is 11.1 Å². The van der Waals surface area contributed by atoms with Crippen molar-refractivity contribution in [1.29, 1.82) is 0 Å². The zero-order chi connectivity index (χ0) is 14.4. The van der Waals surface area contributed by atoms with Gasteiger partial charge in [0.25, 0.3) is 0 Å². The van der Waals surface area contributed by atoms with Crippen LogP contribution in [0.5, 0.6) is 0 Å². The van der Waals surface area contributed by atoms with Crippen LogP contribution in [0.3, 0.4) is 0 Å². The van der Waals surface area contributed by atoms with Gasteiger partial charge >= 0.3 is 5.97 Å². The predicted octanol–water partition coefficient (Wildman–Crippen LogP) is 1.25. The first-order valence-corrected chi connectivity index (χ1v) is 7.62. The number of hydrogen-bond donors (Lipinski definition) is 2. The number of nitrogen functional groups attached to an aromatic ring is 1. The van der Waals surface area contributed by atoms with Gasteiger partial charge in [-0.15, -0.1) is 11.3 Å². The Morgan fingerprint density at radius 2 is 2.30 bits per heavy atom. The van der Waals surface area contributed by atoms with Crippen LogP contribution in [0, 0.1) is 0 Å². The fourth-order valence-electron chi connectivity index (χ4n) is 2.01. The zero-order valence-corrected chi connectivity index (χ0v) is 12.5. The summed E-state index contributed by atoms with van der Waals surface area (Å²) >= 11 is 1.34. The van der Waals surface area contributed by atoms with Gasteiger partial charge in [-0.25, -0.2) is 4.79 Å². The number of hydrogen-bond acceptors (Lipinski definition) is 7. The van der Waals surface area contributed by atoms with E-state index < -0.39 is 0 Å². The average molecular weight is 299 g/mol. The summed E-state index contributed by atoms with van der Waals surface area (Å²) in [6.45, 7) is 7.47. The third kappa shape index (κ3) is 4.09. The normalized spacial score (nSPS) is 16.1. The number of nitrogens with two attached hydrogens (primary N) is 1. The van der Waals surface area contributed by atoms with E-state index in [-0.39, 0.29) is 5.97 Å². The number of nitrogens with one attached hydrogen (secondary N) is 1. The summed E-state index contributed by atoms with van der Waals surface area (Å²) in [7, 11) is 0. The van der Waals surface area contributed by atoms with E-state index in [1.165, 1.54) is 11.3 Å². The monoisotopic (exact) mass is 299 g/mol. The molecule has 1 aliphatic heterocycles. The average Bonchev–Trinajstić information content (AvgIpc) is 2.81. The number of thiophene rings is 1. The van der Waals surface area contributed by atoms with E-state index in [0.29, 0.717) is 17.2 Å². The molecule has 1 fully saturated rings. The molecular formula is C13H21N3O3S. The molecule has 1 saturated heterocycles. The minimum Gasteiger partial charge on any atom is -0.462 e. The Labute approximate surface area is 122 Å². The predicted molar refractivity (Wildman–Crippen MR) is 80.4 cm³/mol. The van der Waals surface area contributed by atoms with Crippen LogP contribution >= 0.6 is 11.3 Å². The number of morpholine rings is 1. The van der Waals surface area contributed by atoms with E-state index in [1.807, 2.05) is 0 Å². The van der Waals surface area contributed by atoms with Gasteiger partial charge in [0, 0.05) is 26.2 Å². The summed E-state index contributed by atoms with van der Waals surface area (Å²) in [4.78, 5) is 14.5. The largest absolute Gasteiger partial charge is 0.462 e. The lowest BCUT2D eigenvalue weighted by Gasteiger charge is -2.26. The summed E-state index contributed by atoms with van der Waals surface area (Å²) in [5.41, 5.74) is 6.30. The zero-order valence-electron chi connectivity index (χ0n) is 11.7. The molecule has 0 spiro atoms. The standard InChI is InChI=1S/C13H21N3O3S/c1-2-19-13(17)12-10(14)9-11(20-12)15-3-4-16-5-7-18-8-6-16/h9,15H,2-8,14H2,1H3. The van der Waals surface area contributed by atoms with Crippen molar-refractivity contribution in [2.75, 3.05) is 57.1 Å². The highest BCUT2D eigenvalue weighted by molar-refractivity contribution is 7.18. The highest BCUT2D eigenvalue weighted by atomic mass is 32.1. The Morgan fingerprint density at radius 3 is 3.00 bits per heavy atom. The second kappa shape index (κ2) is 7.47. The molecule has 0 atom stereocenters. The van der Waals surface area contributed by atoms with Gasteiger partial charge in [-0.05, 0) is 13.0 Å². The molecule has 0 aromatic carbocycles. The van der Waals surface area contributed by atoms with Gasteiger partial charge in [-0.1, -0.05) is 0 Å². The minimum absolute atomic E-state index is 0.351. The SMILES string of the molecule is CCOC(=O)c1sc(NCCN2CCOCC2)cc1N. The molecular weight excluding hydrogens is 278 g/mol. The number of rotatable bonds is 6. The van der Waals surface area contributed by atoms with E-state index in [0.717, 1.165) is 44.4 Å².